The maximum absolute atomic E-state index is 13.1. The molecule has 3 heteroatoms. The van der Waals surface area contributed by atoms with Gasteiger partial charge in [0.1, 0.15) is 0 Å². The number of fused-ring (bicyclic) bond motifs is 1. The van der Waals surface area contributed by atoms with E-state index in [2.05, 4.69) is 6.92 Å². The summed E-state index contributed by atoms with van der Waals surface area (Å²) in [5, 5.41) is 0. The minimum absolute atomic E-state index is 0.0573. The van der Waals surface area contributed by atoms with E-state index in [1.807, 2.05) is 54.6 Å². The van der Waals surface area contributed by atoms with Gasteiger partial charge in [-0.25, -0.2) is 0 Å². The average molecular weight is 382 g/mol. The van der Waals surface area contributed by atoms with E-state index < -0.39 is 11.8 Å². The van der Waals surface area contributed by atoms with Gasteiger partial charge < -0.3 is 0 Å². The molecular formula is C26H22O3. The first-order chi connectivity index (χ1) is 14.1. The quantitative estimate of drug-likeness (QED) is 0.429. The summed E-state index contributed by atoms with van der Waals surface area (Å²) in [6.07, 6.45) is 1.02. The molecule has 0 fully saturated rings. The van der Waals surface area contributed by atoms with Crippen LogP contribution in [-0.4, -0.2) is 17.3 Å². The molecule has 0 saturated heterocycles. The Balaban J connectivity index is 1.69. The van der Waals surface area contributed by atoms with E-state index >= 15 is 0 Å². The average Bonchev–Trinajstić information content (AvgIpc) is 3.03. The van der Waals surface area contributed by atoms with Gasteiger partial charge in [0.15, 0.2) is 17.3 Å². The van der Waals surface area contributed by atoms with E-state index in [1.165, 1.54) is 0 Å². The lowest BCUT2D eigenvalue weighted by atomic mass is 9.79. The normalized spacial score (nSPS) is 14.7. The lowest BCUT2D eigenvalue weighted by molar-refractivity contribution is 0.0802. The van der Waals surface area contributed by atoms with Crippen molar-refractivity contribution in [3.63, 3.8) is 0 Å². The molecular weight excluding hydrogens is 360 g/mol. The van der Waals surface area contributed by atoms with Gasteiger partial charge in [-0.2, -0.15) is 0 Å². The molecule has 3 aromatic rings. The Bertz CT molecular complexity index is 1030. The second-order valence-corrected chi connectivity index (χ2v) is 7.45. The highest BCUT2D eigenvalue weighted by Gasteiger charge is 2.44. The molecule has 1 aliphatic rings. The predicted octanol–water partition coefficient (Wildman–Crippen LogP) is 5.30. The zero-order valence-corrected chi connectivity index (χ0v) is 16.3. The number of carbonyl (C=O) groups excluding carboxylic acids is 3. The summed E-state index contributed by atoms with van der Waals surface area (Å²) in [4.78, 5) is 39.2. The standard InChI is InChI=1S/C26H22O3/c1-2-17-12-14-19(15-13-17)23(27)16-22(18-8-4-3-5-9-18)24-25(28)20-10-6-7-11-21(20)26(24)29/h3-15,22,24H,2,16H2,1H3. The van der Waals surface area contributed by atoms with Gasteiger partial charge in [0.25, 0.3) is 0 Å². The first-order valence-corrected chi connectivity index (χ1v) is 9.94. The van der Waals surface area contributed by atoms with Crippen LogP contribution in [0.1, 0.15) is 61.5 Å². The summed E-state index contributed by atoms with van der Waals surface area (Å²) in [6, 6.07) is 23.9. The van der Waals surface area contributed by atoms with Crippen molar-refractivity contribution in [3.05, 3.63) is 107 Å². The van der Waals surface area contributed by atoms with Crippen LogP contribution >= 0.6 is 0 Å². The van der Waals surface area contributed by atoms with Gasteiger partial charge in [0.05, 0.1) is 5.92 Å². The summed E-state index contributed by atoms with van der Waals surface area (Å²) in [6.45, 7) is 2.07. The van der Waals surface area contributed by atoms with Crippen molar-refractivity contribution in [2.24, 2.45) is 5.92 Å². The molecule has 3 aromatic carbocycles. The molecule has 0 spiro atoms. The summed E-state index contributed by atoms with van der Waals surface area (Å²) in [7, 11) is 0. The summed E-state index contributed by atoms with van der Waals surface area (Å²) < 4.78 is 0. The van der Waals surface area contributed by atoms with Gasteiger partial charge in [-0.05, 0) is 17.5 Å². The minimum Gasteiger partial charge on any atom is -0.294 e. The lowest BCUT2D eigenvalue weighted by Gasteiger charge is -2.21. The Morgan fingerprint density at radius 3 is 1.90 bits per heavy atom. The summed E-state index contributed by atoms with van der Waals surface area (Å²) >= 11 is 0. The topological polar surface area (TPSA) is 51.2 Å². The van der Waals surface area contributed by atoms with Crippen LogP contribution in [0, 0.1) is 5.92 Å². The van der Waals surface area contributed by atoms with Gasteiger partial charge in [-0.15, -0.1) is 0 Å². The van der Waals surface area contributed by atoms with Gasteiger partial charge in [-0.3, -0.25) is 14.4 Å². The van der Waals surface area contributed by atoms with Crippen molar-refractivity contribution in [3.8, 4) is 0 Å². The highest BCUT2D eigenvalue weighted by atomic mass is 16.2. The van der Waals surface area contributed by atoms with Crippen molar-refractivity contribution in [2.45, 2.75) is 25.7 Å². The van der Waals surface area contributed by atoms with Gasteiger partial charge in [-0.1, -0.05) is 85.8 Å². The third kappa shape index (κ3) is 3.56. The number of carbonyl (C=O) groups is 3. The van der Waals surface area contributed by atoms with E-state index in [0.717, 1.165) is 17.5 Å². The molecule has 0 radical (unpaired) electrons. The first kappa shape index (κ1) is 19.0. The number of rotatable bonds is 6. The molecule has 29 heavy (non-hydrogen) atoms. The van der Waals surface area contributed by atoms with Crippen LogP contribution in [0.2, 0.25) is 0 Å². The van der Waals surface area contributed by atoms with Crippen LogP contribution in [0.25, 0.3) is 0 Å². The fraction of sp³-hybridized carbons (Fsp3) is 0.192. The molecule has 0 bridgehead atoms. The fourth-order valence-corrected chi connectivity index (χ4v) is 4.10. The first-order valence-electron chi connectivity index (χ1n) is 9.94. The number of benzene rings is 3. The molecule has 144 valence electrons. The molecule has 3 nitrogen and oxygen atoms in total. The molecule has 0 aliphatic heterocycles. The summed E-state index contributed by atoms with van der Waals surface area (Å²) in [5.41, 5.74) is 3.54. The summed E-state index contributed by atoms with van der Waals surface area (Å²) in [5.74, 6) is -1.77. The van der Waals surface area contributed by atoms with E-state index in [1.54, 1.807) is 24.3 Å². The Morgan fingerprint density at radius 1 is 0.793 bits per heavy atom. The van der Waals surface area contributed by atoms with E-state index in [9.17, 15) is 14.4 Å². The molecule has 0 aromatic heterocycles. The van der Waals surface area contributed by atoms with Gasteiger partial charge in [0.2, 0.25) is 0 Å². The maximum Gasteiger partial charge on any atom is 0.175 e. The second kappa shape index (κ2) is 7.96. The van der Waals surface area contributed by atoms with Crippen molar-refractivity contribution < 1.29 is 14.4 Å². The molecule has 0 saturated carbocycles. The van der Waals surface area contributed by atoms with Crippen molar-refractivity contribution >= 4 is 17.3 Å². The van der Waals surface area contributed by atoms with Crippen LogP contribution in [-0.2, 0) is 6.42 Å². The number of hydrogen-bond donors (Lipinski definition) is 0. The number of aryl methyl sites for hydroxylation is 1. The Kier molecular flexibility index (Phi) is 5.22. The van der Waals surface area contributed by atoms with Crippen molar-refractivity contribution in [1.29, 1.82) is 0 Å². The molecule has 1 unspecified atom stereocenters. The number of hydrogen-bond acceptors (Lipinski definition) is 3. The Hall–Kier alpha value is -3.33. The highest BCUT2D eigenvalue weighted by molar-refractivity contribution is 6.27. The van der Waals surface area contributed by atoms with Crippen LogP contribution in [0.15, 0.2) is 78.9 Å². The highest BCUT2D eigenvalue weighted by Crippen LogP contribution is 2.39. The van der Waals surface area contributed by atoms with E-state index in [0.29, 0.717) is 16.7 Å². The number of ketones is 3. The molecule has 0 N–H and O–H groups in total. The van der Waals surface area contributed by atoms with Crippen LogP contribution in [0.5, 0.6) is 0 Å². The molecule has 1 atom stereocenters. The van der Waals surface area contributed by atoms with E-state index in [4.69, 9.17) is 0 Å². The molecule has 0 amide bonds. The van der Waals surface area contributed by atoms with Crippen LogP contribution in [0.4, 0.5) is 0 Å². The zero-order chi connectivity index (χ0) is 20.4. The van der Waals surface area contributed by atoms with Crippen LogP contribution in [0.3, 0.4) is 0 Å². The predicted molar refractivity (Wildman–Crippen MR) is 113 cm³/mol. The van der Waals surface area contributed by atoms with Crippen molar-refractivity contribution in [1.82, 2.24) is 0 Å². The third-order valence-electron chi connectivity index (χ3n) is 5.74. The fourth-order valence-electron chi connectivity index (χ4n) is 4.10. The third-order valence-corrected chi connectivity index (χ3v) is 5.74. The van der Waals surface area contributed by atoms with Gasteiger partial charge >= 0.3 is 0 Å². The monoisotopic (exact) mass is 382 g/mol. The largest absolute Gasteiger partial charge is 0.294 e. The smallest absolute Gasteiger partial charge is 0.175 e. The van der Waals surface area contributed by atoms with Crippen molar-refractivity contribution in [2.75, 3.05) is 0 Å². The second-order valence-electron chi connectivity index (χ2n) is 7.45. The number of Topliss-reactive ketones (excluding diaryl/α,β-unsaturated/α-hetero) is 3. The molecule has 1 aliphatic carbocycles. The zero-order valence-electron chi connectivity index (χ0n) is 16.3. The molecule has 0 heterocycles. The minimum atomic E-state index is -0.853. The SMILES string of the molecule is CCc1ccc(C(=O)CC(c2ccccc2)C2C(=O)c3ccccc3C2=O)cc1. The Labute approximate surface area is 170 Å². The maximum atomic E-state index is 13.1. The van der Waals surface area contributed by atoms with E-state index in [-0.39, 0.29) is 23.8 Å². The van der Waals surface area contributed by atoms with Crippen LogP contribution < -0.4 is 0 Å². The molecule has 4 rings (SSSR count). The lowest BCUT2D eigenvalue weighted by Crippen LogP contribution is -2.26. The Morgan fingerprint density at radius 2 is 1.34 bits per heavy atom. The van der Waals surface area contributed by atoms with Gasteiger partial charge in [0, 0.05) is 29.0 Å².